The van der Waals surface area contributed by atoms with Gasteiger partial charge in [-0.3, -0.25) is 0 Å². The van der Waals surface area contributed by atoms with Crippen LogP contribution >= 0.6 is 0 Å². The van der Waals surface area contributed by atoms with Gasteiger partial charge in [-0.1, -0.05) is 0 Å². The van der Waals surface area contributed by atoms with Gasteiger partial charge < -0.3 is 19.7 Å². The lowest BCUT2D eigenvalue weighted by molar-refractivity contribution is -0.139. The number of ether oxygens (including phenoxy) is 1. The maximum Gasteiger partial charge on any atom is 0.408 e. The molecule has 7 heteroatoms. The number of hydrogen-bond acceptors (Lipinski definition) is 4. The van der Waals surface area contributed by atoms with Crippen LogP contribution in [0.1, 0.15) is 32.0 Å². The van der Waals surface area contributed by atoms with Crippen LogP contribution in [0.15, 0.2) is 36.7 Å². The third-order valence-electron chi connectivity index (χ3n) is 3.38. The zero-order valence-electron chi connectivity index (χ0n) is 14.8. The smallest absolute Gasteiger partial charge is 0.408 e. The molecule has 0 saturated heterocycles. The van der Waals surface area contributed by atoms with Crippen molar-refractivity contribution < 1.29 is 19.4 Å². The lowest BCUT2D eigenvalue weighted by Crippen LogP contribution is -2.44. The molecule has 1 unspecified atom stereocenters. The number of aromatic nitrogens is 2. The van der Waals surface area contributed by atoms with E-state index in [0.29, 0.717) is 5.82 Å². The van der Waals surface area contributed by atoms with Gasteiger partial charge in [-0.15, -0.1) is 0 Å². The van der Waals surface area contributed by atoms with E-state index in [4.69, 9.17) is 4.74 Å². The Bertz CT molecular complexity index is 762. The Morgan fingerprint density at radius 2 is 2.08 bits per heavy atom. The summed E-state index contributed by atoms with van der Waals surface area (Å²) in [5.41, 5.74) is 1.08. The number of aryl methyl sites for hydroxylation is 1. The van der Waals surface area contributed by atoms with E-state index in [1.54, 1.807) is 37.6 Å². The predicted octanol–water partition coefficient (Wildman–Crippen LogP) is 2.70. The largest absolute Gasteiger partial charge is 0.480 e. The number of carbonyl (C=O) groups excluding carboxylic acids is 1. The molecule has 1 amide bonds. The van der Waals surface area contributed by atoms with Gasteiger partial charge in [0.05, 0.1) is 0 Å². The molecule has 0 aliphatic heterocycles. The molecule has 2 aromatic rings. The Hall–Kier alpha value is -2.83. The van der Waals surface area contributed by atoms with Crippen molar-refractivity contribution in [2.75, 3.05) is 0 Å². The van der Waals surface area contributed by atoms with Crippen LogP contribution in [-0.2, 0) is 16.0 Å². The topological polar surface area (TPSA) is 93.5 Å². The van der Waals surface area contributed by atoms with Crippen molar-refractivity contribution in [3.05, 3.63) is 47.9 Å². The summed E-state index contributed by atoms with van der Waals surface area (Å²) in [7, 11) is 0. The van der Waals surface area contributed by atoms with Crippen molar-refractivity contribution in [2.45, 2.75) is 45.8 Å². The minimum Gasteiger partial charge on any atom is -0.480 e. The highest BCUT2D eigenvalue weighted by atomic mass is 16.6. The molecule has 0 radical (unpaired) electrons. The first-order valence-corrected chi connectivity index (χ1v) is 7.97. The van der Waals surface area contributed by atoms with Crippen LogP contribution in [-0.4, -0.2) is 38.4 Å². The monoisotopic (exact) mass is 345 g/mol. The average Bonchev–Trinajstić information content (AvgIpc) is 2.92. The van der Waals surface area contributed by atoms with Crippen LogP contribution in [0.25, 0.3) is 5.82 Å². The lowest BCUT2D eigenvalue weighted by Gasteiger charge is -2.22. The van der Waals surface area contributed by atoms with Crippen molar-refractivity contribution in [3.63, 3.8) is 0 Å². The molecule has 0 bridgehead atoms. The number of pyridine rings is 1. The van der Waals surface area contributed by atoms with E-state index in [1.807, 2.05) is 31.3 Å². The van der Waals surface area contributed by atoms with E-state index in [2.05, 4.69) is 10.3 Å². The molecule has 134 valence electrons. The van der Waals surface area contributed by atoms with Gasteiger partial charge in [-0.25, -0.2) is 14.6 Å². The zero-order valence-corrected chi connectivity index (χ0v) is 14.8. The van der Waals surface area contributed by atoms with Crippen LogP contribution in [0.2, 0.25) is 0 Å². The quantitative estimate of drug-likeness (QED) is 0.869. The number of nitrogens with one attached hydrogen (secondary N) is 1. The second-order valence-corrected chi connectivity index (χ2v) is 6.80. The molecule has 0 spiro atoms. The number of nitrogens with zero attached hydrogens (tertiary/aromatic N) is 2. The van der Waals surface area contributed by atoms with Crippen molar-refractivity contribution in [1.82, 2.24) is 14.9 Å². The molecule has 2 aromatic heterocycles. The van der Waals surface area contributed by atoms with Crippen molar-refractivity contribution in [2.24, 2.45) is 0 Å². The molecule has 2 N–H and O–H groups in total. The summed E-state index contributed by atoms with van der Waals surface area (Å²) in [4.78, 5) is 27.7. The number of carbonyl (C=O) groups is 2. The molecule has 25 heavy (non-hydrogen) atoms. The molecule has 0 aliphatic rings. The van der Waals surface area contributed by atoms with Gasteiger partial charge in [0.1, 0.15) is 17.5 Å². The maximum absolute atomic E-state index is 11.9. The summed E-state index contributed by atoms with van der Waals surface area (Å²) >= 11 is 0. The van der Waals surface area contributed by atoms with Crippen molar-refractivity contribution >= 4 is 12.1 Å². The maximum atomic E-state index is 11.9. The Labute approximate surface area is 146 Å². The van der Waals surface area contributed by atoms with Crippen LogP contribution in [0.5, 0.6) is 0 Å². The highest BCUT2D eigenvalue weighted by molar-refractivity contribution is 5.80. The molecule has 2 heterocycles. The Balaban J connectivity index is 2.17. The average molecular weight is 345 g/mol. The third kappa shape index (κ3) is 5.34. The van der Waals surface area contributed by atoms with Gasteiger partial charge >= 0.3 is 12.1 Å². The summed E-state index contributed by atoms with van der Waals surface area (Å²) < 4.78 is 6.94. The molecule has 2 rings (SSSR count). The molecule has 7 nitrogen and oxygen atoms in total. The molecule has 0 aliphatic carbocycles. The van der Waals surface area contributed by atoms with Gasteiger partial charge in [0.15, 0.2) is 0 Å². The standard InChI is InChI=1S/C18H23N3O4/c1-12-7-8-19-15(10-12)21-9-5-6-13(21)11-14(16(22)23)20-17(24)25-18(2,3)4/h5-10,14H,11H2,1-4H3,(H,20,24)(H,22,23). The van der Waals surface area contributed by atoms with Crippen molar-refractivity contribution in [3.8, 4) is 5.82 Å². The minimum absolute atomic E-state index is 0.108. The summed E-state index contributed by atoms with van der Waals surface area (Å²) in [6, 6.07) is 6.30. The number of hydrogen-bond donors (Lipinski definition) is 2. The lowest BCUT2D eigenvalue weighted by atomic mass is 10.1. The Morgan fingerprint density at radius 3 is 2.68 bits per heavy atom. The molecule has 0 aromatic carbocycles. The number of amides is 1. The third-order valence-corrected chi connectivity index (χ3v) is 3.38. The molecule has 0 saturated carbocycles. The van der Waals surface area contributed by atoms with Gasteiger partial charge in [0.25, 0.3) is 0 Å². The fourth-order valence-corrected chi connectivity index (χ4v) is 2.32. The fraction of sp³-hybridized carbons (Fsp3) is 0.389. The van der Waals surface area contributed by atoms with Gasteiger partial charge in [0.2, 0.25) is 0 Å². The van der Waals surface area contributed by atoms with E-state index in [-0.39, 0.29) is 6.42 Å². The Kier molecular flexibility index (Phi) is 5.46. The summed E-state index contributed by atoms with van der Waals surface area (Å²) in [6.45, 7) is 7.11. The summed E-state index contributed by atoms with van der Waals surface area (Å²) in [5, 5.41) is 11.8. The molecule has 0 fully saturated rings. The summed E-state index contributed by atoms with van der Waals surface area (Å²) in [5.74, 6) is -0.433. The first kappa shape index (κ1) is 18.5. The van der Waals surface area contributed by atoms with Crippen LogP contribution < -0.4 is 5.32 Å². The first-order chi connectivity index (χ1) is 11.7. The van der Waals surface area contributed by atoms with E-state index in [9.17, 15) is 14.7 Å². The SMILES string of the molecule is Cc1ccnc(-n2cccc2CC(NC(=O)OC(C)(C)C)C(=O)O)c1. The van der Waals surface area contributed by atoms with E-state index >= 15 is 0 Å². The second kappa shape index (κ2) is 7.38. The van der Waals surface area contributed by atoms with Crippen LogP contribution in [0.4, 0.5) is 4.79 Å². The summed E-state index contributed by atoms with van der Waals surface area (Å²) in [6.07, 6.45) is 2.86. The molecular weight excluding hydrogens is 322 g/mol. The van der Waals surface area contributed by atoms with Gasteiger partial charge in [0, 0.05) is 24.5 Å². The fourth-order valence-electron chi connectivity index (χ4n) is 2.32. The predicted molar refractivity (Wildman–Crippen MR) is 92.8 cm³/mol. The number of aliphatic carboxylic acids is 1. The van der Waals surface area contributed by atoms with E-state index in [1.165, 1.54) is 0 Å². The number of carboxylic acid groups (broad SMARTS) is 1. The normalized spacial score (nSPS) is 12.5. The van der Waals surface area contributed by atoms with Crippen LogP contribution in [0, 0.1) is 6.92 Å². The number of rotatable bonds is 5. The Morgan fingerprint density at radius 1 is 1.36 bits per heavy atom. The first-order valence-electron chi connectivity index (χ1n) is 7.97. The number of carboxylic acids is 1. The molecule has 1 atom stereocenters. The van der Waals surface area contributed by atoms with Gasteiger partial charge in [-0.05, 0) is 57.5 Å². The van der Waals surface area contributed by atoms with Crippen molar-refractivity contribution in [1.29, 1.82) is 0 Å². The number of alkyl carbamates (subject to hydrolysis) is 1. The highest BCUT2D eigenvalue weighted by Gasteiger charge is 2.25. The second-order valence-electron chi connectivity index (χ2n) is 6.80. The van der Waals surface area contributed by atoms with Gasteiger partial charge in [-0.2, -0.15) is 0 Å². The van der Waals surface area contributed by atoms with E-state index in [0.717, 1.165) is 11.3 Å². The zero-order chi connectivity index (χ0) is 18.6. The highest BCUT2D eigenvalue weighted by Crippen LogP contribution is 2.14. The molecular formula is C18H23N3O4. The minimum atomic E-state index is -1.13. The van der Waals surface area contributed by atoms with Crippen LogP contribution in [0.3, 0.4) is 0 Å². The van der Waals surface area contributed by atoms with E-state index < -0.39 is 23.7 Å².